The standard InChI is InChI=1S/C14H15N7O/c1-2-18-14-10(13(17)19-6-20-14)11(15)7-3-4-8-9(5-7)22-21-12(8)16/h3-6,15H,2H2,1H3,(H2,16,21)(H3,17,18,19,20). The van der Waals surface area contributed by atoms with Gasteiger partial charge in [-0.15, -0.1) is 0 Å². The summed E-state index contributed by atoms with van der Waals surface area (Å²) in [6.07, 6.45) is 1.37. The molecule has 0 radical (unpaired) electrons. The normalized spacial score (nSPS) is 10.8. The monoisotopic (exact) mass is 297 g/mol. The van der Waals surface area contributed by atoms with Crippen LogP contribution in [0.1, 0.15) is 18.1 Å². The van der Waals surface area contributed by atoms with E-state index in [9.17, 15) is 0 Å². The number of nitrogens with zero attached hydrogens (tertiary/aromatic N) is 3. The molecule has 0 unspecified atom stereocenters. The Morgan fingerprint density at radius 1 is 1.27 bits per heavy atom. The first kappa shape index (κ1) is 13.8. The van der Waals surface area contributed by atoms with E-state index in [0.717, 1.165) is 0 Å². The molecule has 0 aliphatic carbocycles. The smallest absolute Gasteiger partial charge is 0.174 e. The average Bonchev–Trinajstić information content (AvgIpc) is 2.88. The minimum Gasteiger partial charge on any atom is -0.383 e. The Labute approximate surface area is 126 Å². The second-order valence-electron chi connectivity index (χ2n) is 4.67. The summed E-state index contributed by atoms with van der Waals surface area (Å²) >= 11 is 0. The predicted octanol–water partition coefficient (Wildman–Crippen LogP) is 1.63. The summed E-state index contributed by atoms with van der Waals surface area (Å²) < 4.78 is 5.13. The van der Waals surface area contributed by atoms with Crippen molar-refractivity contribution in [1.82, 2.24) is 15.1 Å². The van der Waals surface area contributed by atoms with Gasteiger partial charge >= 0.3 is 0 Å². The predicted molar refractivity (Wildman–Crippen MR) is 85.0 cm³/mol. The molecule has 22 heavy (non-hydrogen) atoms. The quantitative estimate of drug-likeness (QED) is 0.536. The molecule has 0 aliphatic rings. The summed E-state index contributed by atoms with van der Waals surface area (Å²) in [6.45, 7) is 2.60. The number of rotatable bonds is 4. The lowest BCUT2D eigenvalue weighted by molar-refractivity contribution is 0.460. The van der Waals surface area contributed by atoms with Crippen LogP contribution in [0, 0.1) is 5.41 Å². The molecule has 2 heterocycles. The fourth-order valence-corrected chi connectivity index (χ4v) is 2.20. The largest absolute Gasteiger partial charge is 0.383 e. The Hall–Kier alpha value is -3.16. The van der Waals surface area contributed by atoms with Crippen molar-refractivity contribution >= 4 is 34.1 Å². The molecule has 0 spiro atoms. The first-order valence-corrected chi connectivity index (χ1v) is 6.70. The van der Waals surface area contributed by atoms with Crippen LogP contribution < -0.4 is 16.8 Å². The van der Waals surface area contributed by atoms with Crippen LogP contribution in [0.3, 0.4) is 0 Å². The van der Waals surface area contributed by atoms with Crippen LogP contribution in [-0.4, -0.2) is 27.4 Å². The lowest BCUT2D eigenvalue weighted by atomic mass is 10.0. The molecule has 0 bridgehead atoms. The number of aromatic nitrogens is 3. The molecule has 6 N–H and O–H groups in total. The molecule has 2 aromatic heterocycles. The molecule has 0 saturated carbocycles. The highest BCUT2D eigenvalue weighted by Gasteiger charge is 2.17. The van der Waals surface area contributed by atoms with Crippen molar-refractivity contribution in [3.05, 3.63) is 35.7 Å². The molecule has 112 valence electrons. The Morgan fingerprint density at radius 3 is 2.86 bits per heavy atom. The van der Waals surface area contributed by atoms with E-state index < -0.39 is 0 Å². The summed E-state index contributed by atoms with van der Waals surface area (Å²) in [5.74, 6) is 1.09. The number of nitrogens with one attached hydrogen (secondary N) is 2. The molecule has 8 heteroatoms. The average molecular weight is 297 g/mol. The maximum atomic E-state index is 8.42. The van der Waals surface area contributed by atoms with Crippen molar-refractivity contribution in [2.45, 2.75) is 6.92 Å². The molecule has 0 aliphatic heterocycles. The van der Waals surface area contributed by atoms with Gasteiger partial charge in [-0.1, -0.05) is 11.2 Å². The second-order valence-corrected chi connectivity index (χ2v) is 4.67. The second kappa shape index (κ2) is 5.32. The van der Waals surface area contributed by atoms with Crippen LogP contribution in [0.5, 0.6) is 0 Å². The van der Waals surface area contributed by atoms with Crippen molar-refractivity contribution in [3.8, 4) is 0 Å². The fourth-order valence-electron chi connectivity index (χ4n) is 2.20. The van der Waals surface area contributed by atoms with Gasteiger partial charge in [-0.05, 0) is 19.1 Å². The van der Waals surface area contributed by atoms with Gasteiger partial charge in [-0.2, -0.15) is 0 Å². The number of hydrogen-bond acceptors (Lipinski definition) is 8. The third-order valence-electron chi connectivity index (χ3n) is 3.26. The van der Waals surface area contributed by atoms with Gasteiger partial charge in [0, 0.05) is 12.1 Å². The van der Waals surface area contributed by atoms with E-state index in [2.05, 4.69) is 20.4 Å². The highest BCUT2D eigenvalue weighted by molar-refractivity contribution is 6.17. The molecular weight excluding hydrogens is 282 g/mol. The van der Waals surface area contributed by atoms with Crippen LogP contribution in [0.4, 0.5) is 17.5 Å². The molecule has 3 rings (SSSR count). The molecule has 0 atom stereocenters. The zero-order chi connectivity index (χ0) is 15.7. The van der Waals surface area contributed by atoms with Gasteiger partial charge in [0.2, 0.25) is 0 Å². The molecular formula is C14H15N7O. The van der Waals surface area contributed by atoms with Crippen molar-refractivity contribution in [2.75, 3.05) is 23.3 Å². The topological polar surface area (TPSA) is 140 Å². The Kier molecular flexibility index (Phi) is 3.34. The van der Waals surface area contributed by atoms with Crippen LogP contribution in [-0.2, 0) is 0 Å². The van der Waals surface area contributed by atoms with Gasteiger partial charge in [0.1, 0.15) is 18.0 Å². The first-order valence-electron chi connectivity index (χ1n) is 6.70. The van der Waals surface area contributed by atoms with Crippen molar-refractivity contribution in [2.24, 2.45) is 0 Å². The zero-order valence-electron chi connectivity index (χ0n) is 11.9. The SMILES string of the molecule is CCNc1ncnc(N)c1C(=N)c1ccc2c(N)noc2c1. The summed E-state index contributed by atoms with van der Waals surface area (Å²) in [4.78, 5) is 8.11. The summed E-state index contributed by atoms with van der Waals surface area (Å²) in [5, 5.41) is 15.9. The first-order chi connectivity index (χ1) is 10.6. The number of anilines is 3. The molecule has 0 fully saturated rings. The molecule has 3 aromatic rings. The number of benzene rings is 1. The Bertz CT molecular complexity index is 856. The van der Waals surface area contributed by atoms with E-state index in [-0.39, 0.29) is 11.5 Å². The maximum absolute atomic E-state index is 8.42. The molecule has 8 nitrogen and oxygen atoms in total. The third kappa shape index (κ3) is 2.20. The minimum atomic E-state index is 0.200. The van der Waals surface area contributed by atoms with E-state index in [1.54, 1.807) is 18.2 Å². The van der Waals surface area contributed by atoms with E-state index in [4.69, 9.17) is 21.4 Å². The van der Waals surface area contributed by atoms with Crippen molar-refractivity contribution < 1.29 is 4.52 Å². The van der Waals surface area contributed by atoms with Gasteiger partial charge in [-0.25, -0.2) is 9.97 Å². The number of nitrogen functional groups attached to an aromatic ring is 2. The highest BCUT2D eigenvalue weighted by Crippen LogP contribution is 2.25. The lowest BCUT2D eigenvalue weighted by Gasteiger charge is -2.12. The Morgan fingerprint density at radius 2 is 2.09 bits per heavy atom. The van der Waals surface area contributed by atoms with Gasteiger partial charge in [0.15, 0.2) is 11.4 Å². The number of fused-ring (bicyclic) bond motifs is 1. The molecule has 0 saturated heterocycles. The summed E-state index contributed by atoms with van der Waals surface area (Å²) in [6, 6.07) is 5.22. The van der Waals surface area contributed by atoms with Gasteiger partial charge < -0.3 is 21.3 Å². The summed E-state index contributed by atoms with van der Waals surface area (Å²) in [5.41, 5.74) is 13.4. The van der Waals surface area contributed by atoms with Gasteiger partial charge in [-0.3, -0.25) is 5.41 Å². The molecule has 1 aromatic carbocycles. The van der Waals surface area contributed by atoms with Crippen LogP contribution in [0.2, 0.25) is 0 Å². The lowest BCUT2D eigenvalue weighted by Crippen LogP contribution is -2.13. The van der Waals surface area contributed by atoms with Crippen molar-refractivity contribution in [3.63, 3.8) is 0 Å². The molecule has 0 amide bonds. The van der Waals surface area contributed by atoms with Crippen molar-refractivity contribution in [1.29, 1.82) is 5.41 Å². The van der Waals surface area contributed by atoms with E-state index in [0.29, 0.717) is 40.3 Å². The third-order valence-corrected chi connectivity index (χ3v) is 3.26. The van der Waals surface area contributed by atoms with E-state index >= 15 is 0 Å². The summed E-state index contributed by atoms with van der Waals surface area (Å²) in [7, 11) is 0. The fraction of sp³-hybridized carbons (Fsp3) is 0.143. The van der Waals surface area contributed by atoms with Crippen LogP contribution >= 0.6 is 0 Å². The van der Waals surface area contributed by atoms with E-state index in [1.165, 1.54) is 6.33 Å². The van der Waals surface area contributed by atoms with Gasteiger partial charge in [0.05, 0.1) is 16.7 Å². The van der Waals surface area contributed by atoms with Crippen LogP contribution in [0.25, 0.3) is 11.0 Å². The van der Waals surface area contributed by atoms with E-state index in [1.807, 2.05) is 6.92 Å². The zero-order valence-corrected chi connectivity index (χ0v) is 11.9. The minimum absolute atomic E-state index is 0.200. The van der Waals surface area contributed by atoms with Gasteiger partial charge in [0.25, 0.3) is 0 Å². The highest BCUT2D eigenvalue weighted by atomic mass is 16.5. The Balaban J connectivity index is 2.09. The van der Waals surface area contributed by atoms with Crippen LogP contribution in [0.15, 0.2) is 29.0 Å². The number of hydrogen-bond donors (Lipinski definition) is 4. The number of nitrogens with two attached hydrogens (primary N) is 2. The maximum Gasteiger partial charge on any atom is 0.174 e.